The number of nitrogen functional groups attached to an aromatic ring is 2. The highest BCUT2D eigenvalue weighted by Crippen LogP contribution is 2.25. The normalized spacial score (nSPS) is 12.3. The Morgan fingerprint density at radius 2 is 0.960 bits per heavy atom. The van der Waals surface area contributed by atoms with E-state index in [-0.39, 0.29) is 0 Å². The van der Waals surface area contributed by atoms with Crippen LogP contribution in [0.1, 0.15) is 11.1 Å². The number of anilines is 2. The van der Waals surface area contributed by atoms with Gasteiger partial charge < -0.3 is 15.6 Å². The zero-order valence-corrected chi connectivity index (χ0v) is 18.0. The van der Waals surface area contributed by atoms with Crippen molar-refractivity contribution in [3.63, 3.8) is 0 Å². The molecule has 0 fully saturated rings. The first-order chi connectivity index (χ1) is 11.7. The number of aryl methyl sites for hydroxylation is 2. The van der Waals surface area contributed by atoms with Crippen LogP contribution in [0.5, 0.6) is 0 Å². The van der Waals surface area contributed by atoms with E-state index in [0.717, 1.165) is 36.3 Å². The topological polar surface area (TPSA) is 61.3 Å². The summed E-state index contributed by atoms with van der Waals surface area (Å²) in [7, 11) is -3.34. The van der Waals surface area contributed by atoms with Crippen LogP contribution in [-0.2, 0) is 17.0 Å². The minimum Gasteiger partial charge on any atom is -0.455 e. The van der Waals surface area contributed by atoms with Crippen LogP contribution >= 0.6 is 0 Å². The average Bonchev–Trinajstić information content (AvgIpc) is 2.53. The van der Waals surface area contributed by atoms with Crippen LogP contribution in [0.3, 0.4) is 0 Å². The Hall–Kier alpha value is -1.57. The van der Waals surface area contributed by atoms with Gasteiger partial charge in [0, 0.05) is 11.4 Å². The minimum absolute atomic E-state index is 0.827. The summed E-state index contributed by atoms with van der Waals surface area (Å²) < 4.78 is 6.74. The maximum absolute atomic E-state index is 6.74. The molecule has 0 heterocycles. The first-order valence-electron chi connectivity index (χ1n) is 9.04. The van der Waals surface area contributed by atoms with Crippen molar-refractivity contribution < 1.29 is 4.12 Å². The summed E-state index contributed by atoms with van der Waals surface area (Å²) in [4.78, 5) is 0. The molecule has 0 aliphatic rings. The van der Waals surface area contributed by atoms with E-state index < -0.39 is 16.6 Å². The summed E-state index contributed by atoms with van der Waals surface area (Å²) in [5.41, 5.74) is 15.9. The number of hydrogen-bond donors (Lipinski definition) is 2. The van der Waals surface area contributed by atoms with Crippen LogP contribution in [0.25, 0.3) is 0 Å². The quantitative estimate of drug-likeness (QED) is 0.503. The number of benzene rings is 2. The molecule has 2 aromatic rings. The van der Waals surface area contributed by atoms with Crippen molar-refractivity contribution in [2.45, 2.75) is 51.1 Å². The molecule has 0 spiro atoms. The molecular formula is C20H32N2OSi2. The Labute approximate surface area is 154 Å². The van der Waals surface area contributed by atoms with Crippen LogP contribution < -0.4 is 11.5 Å². The molecule has 0 amide bonds. The summed E-state index contributed by atoms with van der Waals surface area (Å²) in [5.74, 6) is 0. The molecule has 0 saturated heterocycles. The van der Waals surface area contributed by atoms with E-state index in [0.29, 0.717) is 0 Å². The molecule has 136 valence electrons. The Bertz CT molecular complexity index is 608. The molecule has 0 aliphatic carbocycles. The van der Waals surface area contributed by atoms with Gasteiger partial charge in [-0.1, -0.05) is 24.3 Å². The third kappa shape index (κ3) is 7.06. The molecule has 0 aliphatic heterocycles. The maximum atomic E-state index is 6.74. The molecule has 0 radical (unpaired) electrons. The lowest BCUT2D eigenvalue weighted by Crippen LogP contribution is -2.44. The number of hydrogen-bond acceptors (Lipinski definition) is 3. The van der Waals surface area contributed by atoms with Gasteiger partial charge in [0.15, 0.2) is 16.6 Å². The van der Waals surface area contributed by atoms with Crippen molar-refractivity contribution in [2.75, 3.05) is 11.5 Å². The van der Waals surface area contributed by atoms with Crippen LogP contribution in [0, 0.1) is 0 Å². The van der Waals surface area contributed by atoms with Gasteiger partial charge in [0.1, 0.15) is 0 Å². The van der Waals surface area contributed by atoms with Crippen molar-refractivity contribution in [3.8, 4) is 0 Å². The van der Waals surface area contributed by atoms with E-state index in [2.05, 4.69) is 50.5 Å². The van der Waals surface area contributed by atoms with Gasteiger partial charge in [-0.05, 0) is 86.5 Å². The summed E-state index contributed by atoms with van der Waals surface area (Å²) in [5, 5.41) is 0. The molecule has 2 aromatic carbocycles. The molecule has 0 aromatic heterocycles. The van der Waals surface area contributed by atoms with Crippen molar-refractivity contribution in [1.82, 2.24) is 0 Å². The third-order valence-corrected chi connectivity index (χ3v) is 11.9. The van der Waals surface area contributed by atoms with Crippen molar-refractivity contribution in [2.24, 2.45) is 0 Å². The van der Waals surface area contributed by atoms with Crippen LogP contribution in [0.4, 0.5) is 11.4 Å². The fourth-order valence-corrected chi connectivity index (χ4v) is 11.7. The number of nitrogens with two attached hydrogens (primary N) is 2. The molecule has 0 atom stereocenters. The van der Waals surface area contributed by atoms with Gasteiger partial charge in [-0.15, -0.1) is 0 Å². The van der Waals surface area contributed by atoms with Crippen LogP contribution in [0.15, 0.2) is 48.5 Å². The lowest BCUT2D eigenvalue weighted by Gasteiger charge is -2.34. The zero-order chi connectivity index (χ0) is 18.5. The second kappa shape index (κ2) is 8.21. The van der Waals surface area contributed by atoms with E-state index in [1.54, 1.807) is 0 Å². The predicted molar refractivity (Wildman–Crippen MR) is 115 cm³/mol. The minimum atomic E-state index is -1.67. The Morgan fingerprint density at radius 3 is 1.28 bits per heavy atom. The highest BCUT2D eigenvalue weighted by Gasteiger charge is 2.32. The molecule has 5 heteroatoms. The predicted octanol–water partition coefficient (Wildman–Crippen LogP) is 5.06. The fraction of sp³-hybridized carbons (Fsp3) is 0.400. The zero-order valence-electron chi connectivity index (χ0n) is 16.0. The third-order valence-electron chi connectivity index (χ3n) is 4.54. The van der Waals surface area contributed by atoms with Gasteiger partial charge in [-0.2, -0.15) is 0 Å². The largest absolute Gasteiger partial charge is 0.455 e. The van der Waals surface area contributed by atoms with Crippen LogP contribution in [0.2, 0.25) is 38.3 Å². The van der Waals surface area contributed by atoms with Gasteiger partial charge in [-0.3, -0.25) is 0 Å². The van der Waals surface area contributed by atoms with E-state index in [1.165, 1.54) is 11.1 Å². The van der Waals surface area contributed by atoms with Crippen molar-refractivity contribution in [3.05, 3.63) is 59.7 Å². The Kier molecular flexibility index (Phi) is 6.49. The highest BCUT2D eigenvalue weighted by atomic mass is 28.4. The number of rotatable bonds is 8. The summed E-state index contributed by atoms with van der Waals surface area (Å²) in [6.07, 6.45) is 2.14. The van der Waals surface area contributed by atoms with Gasteiger partial charge in [-0.25, -0.2) is 0 Å². The monoisotopic (exact) mass is 372 g/mol. The van der Waals surface area contributed by atoms with Gasteiger partial charge in [0.2, 0.25) is 0 Å². The average molecular weight is 373 g/mol. The van der Waals surface area contributed by atoms with Gasteiger partial charge in [0.25, 0.3) is 0 Å². The fourth-order valence-electron chi connectivity index (χ4n) is 3.11. The van der Waals surface area contributed by atoms with Crippen molar-refractivity contribution in [1.29, 1.82) is 0 Å². The van der Waals surface area contributed by atoms with Crippen LogP contribution in [-0.4, -0.2) is 16.6 Å². The lowest BCUT2D eigenvalue weighted by atomic mass is 10.1. The molecular weight excluding hydrogens is 340 g/mol. The standard InChI is InChI=1S/C20H32N2OSi2/c1-24(2,15-13-17-5-9-19(21)10-6-17)23-25(3,4)16-14-18-7-11-20(22)12-8-18/h5-12H,13-16,21-22H2,1-4H3. The summed E-state index contributed by atoms with van der Waals surface area (Å²) in [6.45, 7) is 9.40. The molecule has 0 saturated carbocycles. The lowest BCUT2D eigenvalue weighted by molar-refractivity contribution is 0.536. The smallest absolute Gasteiger partial charge is 0.173 e. The first-order valence-corrected chi connectivity index (χ1v) is 15.3. The Morgan fingerprint density at radius 1 is 0.640 bits per heavy atom. The molecule has 4 N–H and O–H groups in total. The molecule has 2 rings (SSSR count). The van der Waals surface area contributed by atoms with E-state index in [4.69, 9.17) is 15.6 Å². The molecule has 25 heavy (non-hydrogen) atoms. The molecule has 3 nitrogen and oxygen atoms in total. The highest BCUT2D eigenvalue weighted by molar-refractivity contribution is 6.84. The van der Waals surface area contributed by atoms with Gasteiger partial charge in [0.05, 0.1) is 0 Å². The second-order valence-corrected chi connectivity index (χ2v) is 17.0. The van der Waals surface area contributed by atoms with Crippen molar-refractivity contribution >= 4 is 28.0 Å². The SMILES string of the molecule is C[Si](C)(CCc1ccc(N)cc1)O[Si](C)(C)CCc1ccc(N)cc1. The second-order valence-electron chi connectivity index (χ2n) is 8.10. The van der Waals surface area contributed by atoms with E-state index >= 15 is 0 Å². The molecule has 0 bridgehead atoms. The van der Waals surface area contributed by atoms with E-state index in [9.17, 15) is 0 Å². The first kappa shape index (κ1) is 19.8. The maximum Gasteiger partial charge on any atom is 0.173 e. The van der Waals surface area contributed by atoms with E-state index in [1.807, 2.05) is 24.3 Å². The summed E-state index contributed by atoms with van der Waals surface area (Å²) in [6, 6.07) is 18.7. The summed E-state index contributed by atoms with van der Waals surface area (Å²) >= 11 is 0. The molecule has 0 unspecified atom stereocenters. The van der Waals surface area contributed by atoms with Gasteiger partial charge >= 0.3 is 0 Å². The Balaban J connectivity index is 1.85.